The van der Waals surface area contributed by atoms with E-state index in [1.165, 1.54) is 6.07 Å². The number of piperazine rings is 1. The van der Waals surface area contributed by atoms with Crippen LogP contribution in [0.2, 0.25) is 0 Å². The zero-order chi connectivity index (χ0) is 17.6. The van der Waals surface area contributed by atoms with Gasteiger partial charge in [0.1, 0.15) is 11.5 Å². The summed E-state index contributed by atoms with van der Waals surface area (Å²) in [5.74, 6) is 0.0951. The molecule has 3 rings (SSSR count). The molecule has 2 heterocycles. The Morgan fingerprint density at radius 3 is 2.76 bits per heavy atom. The van der Waals surface area contributed by atoms with E-state index in [1.54, 1.807) is 29.2 Å². The normalized spacial score (nSPS) is 15.4. The van der Waals surface area contributed by atoms with E-state index in [-0.39, 0.29) is 25.0 Å². The highest BCUT2D eigenvalue weighted by atomic mass is 19.1. The molecule has 1 fully saturated rings. The topological polar surface area (TPSA) is 81.8 Å². The summed E-state index contributed by atoms with van der Waals surface area (Å²) in [6.07, 6.45) is 0. The highest BCUT2D eigenvalue weighted by molar-refractivity contribution is 5.74. The maximum absolute atomic E-state index is 13.8. The van der Waals surface area contributed by atoms with Gasteiger partial charge in [0.15, 0.2) is 5.76 Å². The number of aliphatic hydroxyl groups excluding tert-OH is 1. The number of amides is 2. The summed E-state index contributed by atoms with van der Waals surface area (Å²) < 4.78 is 18.9. The summed E-state index contributed by atoms with van der Waals surface area (Å²) in [6.45, 7) is 3.67. The van der Waals surface area contributed by atoms with Crippen molar-refractivity contribution in [3.05, 3.63) is 41.9 Å². The molecule has 2 amide bonds. The number of hydrogen-bond donors (Lipinski definition) is 2. The first-order chi connectivity index (χ1) is 12.2. The van der Waals surface area contributed by atoms with Crippen molar-refractivity contribution >= 4 is 6.03 Å². The minimum atomic E-state index is -0.368. The minimum Gasteiger partial charge on any atom is -0.395 e. The first-order valence-electron chi connectivity index (χ1n) is 8.24. The number of β-amino-alcohol motifs (C(OH)–C–C–N with tert-alkyl or cyclic N) is 1. The highest BCUT2D eigenvalue weighted by Crippen LogP contribution is 2.22. The molecule has 0 aliphatic carbocycles. The number of rotatable bonds is 5. The number of carbonyl (C=O) groups excluding carboxylic acids is 1. The Morgan fingerprint density at radius 2 is 2.04 bits per heavy atom. The smallest absolute Gasteiger partial charge is 0.317 e. The Balaban J connectivity index is 1.51. The van der Waals surface area contributed by atoms with Gasteiger partial charge >= 0.3 is 6.03 Å². The van der Waals surface area contributed by atoms with Crippen LogP contribution in [-0.4, -0.2) is 65.4 Å². The lowest BCUT2D eigenvalue weighted by molar-refractivity contribution is 0.121. The van der Waals surface area contributed by atoms with Crippen LogP contribution in [0.5, 0.6) is 0 Å². The molecular weight excluding hydrogens is 327 g/mol. The van der Waals surface area contributed by atoms with Crippen molar-refractivity contribution in [3.63, 3.8) is 0 Å². The maximum atomic E-state index is 13.8. The van der Waals surface area contributed by atoms with Crippen LogP contribution in [-0.2, 0) is 6.54 Å². The van der Waals surface area contributed by atoms with Crippen LogP contribution in [0.3, 0.4) is 0 Å². The third-order valence-electron chi connectivity index (χ3n) is 4.20. The van der Waals surface area contributed by atoms with Gasteiger partial charge in [-0.25, -0.2) is 9.18 Å². The number of aliphatic hydroxyl groups is 1. The van der Waals surface area contributed by atoms with Gasteiger partial charge < -0.3 is 19.8 Å². The van der Waals surface area contributed by atoms with E-state index in [1.807, 2.05) is 0 Å². The van der Waals surface area contributed by atoms with Gasteiger partial charge in [-0.2, -0.15) is 0 Å². The number of nitrogens with one attached hydrogen (secondary N) is 1. The zero-order valence-corrected chi connectivity index (χ0v) is 13.8. The number of aromatic nitrogens is 1. The van der Waals surface area contributed by atoms with E-state index in [4.69, 9.17) is 9.63 Å². The van der Waals surface area contributed by atoms with Gasteiger partial charge in [0.25, 0.3) is 0 Å². The van der Waals surface area contributed by atoms with Gasteiger partial charge in [-0.3, -0.25) is 4.90 Å². The van der Waals surface area contributed by atoms with Crippen molar-refractivity contribution in [2.45, 2.75) is 6.54 Å². The number of benzene rings is 1. The van der Waals surface area contributed by atoms with E-state index in [9.17, 15) is 9.18 Å². The van der Waals surface area contributed by atoms with Crippen LogP contribution in [0.1, 0.15) is 5.76 Å². The number of urea groups is 1. The summed E-state index contributed by atoms with van der Waals surface area (Å²) in [5.41, 5.74) is 0.767. The lowest BCUT2D eigenvalue weighted by atomic mass is 10.1. The van der Waals surface area contributed by atoms with Crippen molar-refractivity contribution in [1.82, 2.24) is 20.3 Å². The lowest BCUT2D eigenvalue weighted by Gasteiger charge is -2.34. The average molecular weight is 348 g/mol. The second-order valence-corrected chi connectivity index (χ2v) is 5.87. The Morgan fingerprint density at radius 1 is 1.28 bits per heavy atom. The number of halogens is 1. The molecule has 8 heteroatoms. The monoisotopic (exact) mass is 348 g/mol. The minimum absolute atomic E-state index is 0.127. The number of carbonyl (C=O) groups is 1. The molecule has 1 aliphatic heterocycles. The van der Waals surface area contributed by atoms with Gasteiger partial charge in [-0.1, -0.05) is 17.3 Å². The van der Waals surface area contributed by atoms with Crippen LogP contribution in [0.15, 0.2) is 34.9 Å². The molecule has 1 saturated heterocycles. The molecule has 2 aromatic rings. The predicted octanol–water partition coefficient (Wildman–Crippen LogP) is 1.30. The largest absolute Gasteiger partial charge is 0.395 e. The van der Waals surface area contributed by atoms with Gasteiger partial charge in [0.05, 0.1) is 13.2 Å². The number of hydrogen-bond acceptors (Lipinski definition) is 5. The van der Waals surface area contributed by atoms with E-state index in [0.717, 1.165) is 13.1 Å². The lowest BCUT2D eigenvalue weighted by Crippen LogP contribution is -2.52. The fourth-order valence-corrected chi connectivity index (χ4v) is 2.78. The van der Waals surface area contributed by atoms with Crippen molar-refractivity contribution in [2.75, 3.05) is 39.3 Å². The van der Waals surface area contributed by atoms with E-state index < -0.39 is 0 Å². The first-order valence-corrected chi connectivity index (χ1v) is 8.24. The Labute approximate surface area is 145 Å². The Kier molecular flexibility index (Phi) is 5.62. The van der Waals surface area contributed by atoms with Crippen LogP contribution in [0.25, 0.3) is 11.3 Å². The molecule has 0 radical (unpaired) electrons. The fourth-order valence-electron chi connectivity index (χ4n) is 2.78. The summed E-state index contributed by atoms with van der Waals surface area (Å²) in [7, 11) is 0. The Hall–Kier alpha value is -2.45. The van der Waals surface area contributed by atoms with Crippen molar-refractivity contribution < 1.29 is 18.8 Å². The SMILES string of the molecule is O=C(NCc1cc(-c2ccccc2F)no1)N1CCN(CCO)CC1. The maximum Gasteiger partial charge on any atom is 0.317 e. The second-order valence-electron chi connectivity index (χ2n) is 5.87. The standard InChI is InChI=1S/C17H21FN4O3/c18-15-4-2-1-3-14(15)16-11-13(25-20-16)12-19-17(24)22-7-5-21(6-8-22)9-10-23/h1-4,11,23H,5-10,12H2,(H,19,24). The molecule has 0 bridgehead atoms. The molecule has 25 heavy (non-hydrogen) atoms. The molecular formula is C17H21FN4O3. The molecule has 2 N–H and O–H groups in total. The quantitative estimate of drug-likeness (QED) is 0.851. The van der Waals surface area contributed by atoms with Crippen molar-refractivity contribution in [2.24, 2.45) is 0 Å². The predicted molar refractivity (Wildman–Crippen MR) is 89.2 cm³/mol. The summed E-state index contributed by atoms with van der Waals surface area (Å²) in [4.78, 5) is 16.0. The summed E-state index contributed by atoms with van der Waals surface area (Å²) >= 11 is 0. The zero-order valence-electron chi connectivity index (χ0n) is 13.8. The highest BCUT2D eigenvalue weighted by Gasteiger charge is 2.21. The molecule has 1 aromatic carbocycles. The molecule has 7 nitrogen and oxygen atoms in total. The average Bonchev–Trinajstić information content (AvgIpc) is 3.10. The van der Waals surface area contributed by atoms with Gasteiger partial charge in [-0.15, -0.1) is 0 Å². The Bertz CT molecular complexity index is 713. The first kappa shape index (κ1) is 17.4. The van der Waals surface area contributed by atoms with Gasteiger partial charge in [0.2, 0.25) is 0 Å². The van der Waals surface area contributed by atoms with Gasteiger partial charge in [0, 0.05) is 44.4 Å². The third kappa shape index (κ3) is 4.34. The van der Waals surface area contributed by atoms with Crippen LogP contribution < -0.4 is 5.32 Å². The molecule has 1 aromatic heterocycles. The van der Waals surface area contributed by atoms with Crippen LogP contribution in [0, 0.1) is 5.82 Å². The molecule has 0 saturated carbocycles. The third-order valence-corrected chi connectivity index (χ3v) is 4.20. The summed E-state index contributed by atoms with van der Waals surface area (Å²) in [5, 5.41) is 15.6. The molecule has 1 aliphatic rings. The molecule has 0 unspecified atom stereocenters. The van der Waals surface area contributed by atoms with Crippen molar-refractivity contribution in [1.29, 1.82) is 0 Å². The summed E-state index contributed by atoms with van der Waals surface area (Å²) in [6, 6.07) is 7.78. The second kappa shape index (κ2) is 8.09. The van der Waals surface area contributed by atoms with E-state index in [0.29, 0.717) is 36.7 Å². The van der Waals surface area contributed by atoms with Crippen LogP contribution in [0.4, 0.5) is 9.18 Å². The van der Waals surface area contributed by atoms with Crippen LogP contribution >= 0.6 is 0 Å². The van der Waals surface area contributed by atoms with E-state index in [2.05, 4.69) is 15.4 Å². The molecule has 0 atom stereocenters. The molecule has 134 valence electrons. The fraction of sp³-hybridized carbons (Fsp3) is 0.412. The van der Waals surface area contributed by atoms with Crippen molar-refractivity contribution in [3.8, 4) is 11.3 Å². The van der Waals surface area contributed by atoms with E-state index >= 15 is 0 Å². The molecule has 0 spiro atoms. The van der Waals surface area contributed by atoms with Gasteiger partial charge in [-0.05, 0) is 12.1 Å². The number of nitrogens with zero attached hydrogens (tertiary/aromatic N) is 3.